The molecule has 0 aliphatic carbocycles. The molecule has 0 radical (unpaired) electrons. The topological polar surface area (TPSA) is 83.1 Å². The summed E-state index contributed by atoms with van der Waals surface area (Å²) < 4.78 is 26.4. The van der Waals surface area contributed by atoms with Crippen LogP contribution in [-0.4, -0.2) is 38.3 Å². The van der Waals surface area contributed by atoms with E-state index < -0.39 is 10.0 Å². The average Bonchev–Trinajstić information content (AvgIpc) is 2.67. The third-order valence-corrected chi connectivity index (χ3v) is 6.81. The Balaban J connectivity index is 1.94. The van der Waals surface area contributed by atoms with Crippen molar-refractivity contribution in [3.05, 3.63) is 59.1 Å². The number of halogens is 1. The number of benzene rings is 2. The number of amides is 1. The van der Waals surface area contributed by atoms with E-state index in [-0.39, 0.29) is 23.4 Å². The standard InChI is InChI=1S/C20H26ClN3O3S/c1-4-24(5-2)28(26,27)19-11-9-18(10-12-19)23-20(25)14-22-15(3)16-7-6-8-17(21)13-16/h6-13,15,22H,4-5,14H2,1-3H3,(H,23,25)/p+1/t15-/m1/s1. The number of sulfonamides is 1. The van der Waals surface area contributed by atoms with E-state index in [1.54, 1.807) is 26.0 Å². The zero-order chi connectivity index (χ0) is 20.7. The molecule has 0 spiro atoms. The minimum absolute atomic E-state index is 0.0889. The van der Waals surface area contributed by atoms with E-state index in [2.05, 4.69) is 5.32 Å². The summed E-state index contributed by atoms with van der Waals surface area (Å²) >= 11 is 6.00. The van der Waals surface area contributed by atoms with Gasteiger partial charge >= 0.3 is 0 Å². The van der Waals surface area contributed by atoms with Crippen molar-refractivity contribution in [3.8, 4) is 0 Å². The molecule has 2 aromatic rings. The number of hydrogen-bond acceptors (Lipinski definition) is 3. The zero-order valence-corrected chi connectivity index (χ0v) is 17.9. The van der Waals surface area contributed by atoms with Crippen LogP contribution in [0.1, 0.15) is 32.4 Å². The molecule has 152 valence electrons. The summed E-state index contributed by atoms with van der Waals surface area (Å²) in [5, 5.41) is 5.38. The molecular weight excluding hydrogens is 398 g/mol. The second-order valence-corrected chi connectivity index (χ2v) is 8.82. The van der Waals surface area contributed by atoms with Crippen molar-refractivity contribution in [1.29, 1.82) is 0 Å². The van der Waals surface area contributed by atoms with E-state index in [0.29, 0.717) is 23.8 Å². The molecule has 6 nitrogen and oxygen atoms in total. The highest BCUT2D eigenvalue weighted by Gasteiger charge is 2.21. The van der Waals surface area contributed by atoms with Crippen molar-refractivity contribution < 1.29 is 18.5 Å². The van der Waals surface area contributed by atoms with Crippen LogP contribution < -0.4 is 10.6 Å². The van der Waals surface area contributed by atoms with Gasteiger partial charge in [0.2, 0.25) is 10.0 Å². The summed E-state index contributed by atoms with van der Waals surface area (Å²) in [6.45, 7) is 6.68. The second-order valence-electron chi connectivity index (χ2n) is 6.45. The Kier molecular flexibility index (Phi) is 8.00. The Morgan fingerprint density at radius 2 is 1.79 bits per heavy atom. The molecule has 8 heteroatoms. The van der Waals surface area contributed by atoms with Crippen molar-refractivity contribution in [1.82, 2.24) is 4.31 Å². The number of nitrogens with zero attached hydrogens (tertiary/aromatic N) is 1. The van der Waals surface area contributed by atoms with Gasteiger partial charge < -0.3 is 10.6 Å². The van der Waals surface area contributed by atoms with Gasteiger partial charge in [-0.15, -0.1) is 0 Å². The second kappa shape index (κ2) is 10.0. The largest absolute Gasteiger partial charge is 0.333 e. The molecule has 0 heterocycles. The van der Waals surface area contributed by atoms with Gasteiger partial charge in [0.25, 0.3) is 5.91 Å². The molecule has 2 rings (SSSR count). The number of anilines is 1. The number of carbonyl (C=O) groups excluding carboxylic acids is 1. The lowest BCUT2D eigenvalue weighted by Crippen LogP contribution is -2.86. The predicted molar refractivity (Wildman–Crippen MR) is 112 cm³/mol. The quantitative estimate of drug-likeness (QED) is 0.649. The van der Waals surface area contributed by atoms with E-state index in [1.807, 2.05) is 36.5 Å². The van der Waals surface area contributed by atoms with Gasteiger partial charge in [-0.05, 0) is 43.3 Å². The Morgan fingerprint density at radius 3 is 2.36 bits per heavy atom. The van der Waals surface area contributed by atoms with Gasteiger partial charge in [0.05, 0.1) is 4.90 Å². The molecular formula is C20H27ClN3O3S+. The van der Waals surface area contributed by atoms with Gasteiger partial charge in [-0.3, -0.25) is 4.79 Å². The van der Waals surface area contributed by atoms with Crippen molar-refractivity contribution in [3.63, 3.8) is 0 Å². The summed E-state index contributed by atoms with van der Waals surface area (Å²) in [5.41, 5.74) is 1.61. The molecule has 0 aromatic heterocycles. The maximum Gasteiger partial charge on any atom is 0.279 e. The monoisotopic (exact) mass is 424 g/mol. The molecule has 3 N–H and O–H groups in total. The van der Waals surface area contributed by atoms with Gasteiger partial charge in [0.15, 0.2) is 6.54 Å². The summed E-state index contributed by atoms with van der Waals surface area (Å²) in [7, 11) is -3.50. The minimum Gasteiger partial charge on any atom is -0.333 e. The lowest BCUT2D eigenvalue weighted by Gasteiger charge is -2.18. The summed E-state index contributed by atoms with van der Waals surface area (Å²) in [6, 6.07) is 13.9. The molecule has 0 saturated heterocycles. The summed E-state index contributed by atoms with van der Waals surface area (Å²) in [4.78, 5) is 12.4. The first kappa shape index (κ1) is 22.4. The van der Waals surface area contributed by atoms with E-state index in [9.17, 15) is 13.2 Å². The van der Waals surface area contributed by atoms with Gasteiger partial charge in [-0.25, -0.2) is 8.42 Å². The molecule has 0 unspecified atom stereocenters. The van der Waals surface area contributed by atoms with Crippen molar-refractivity contribution in [2.45, 2.75) is 31.7 Å². The maximum absolute atomic E-state index is 12.5. The van der Waals surface area contributed by atoms with Crippen molar-refractivity contribution in [2.24, 2.45) is 0 Å². The number of rotatable bonds is 9. The van der Waals surface area contributed by atoms with Crippen LogP contribution in [0.15, 0.2) is 53.4 Å². The maximum atomic E-state index is 12.5. The SMILES string of the molecule is CCN(CC)S(=O)(=O)c1ccc(NC(=O)C[NH2+][C@H](C)c2cccc(Cl)c2)cc1. The number of quaternary nitrogens is 1. The van der Waals surface area contributed by atoms with E-state index in [0.717, 1.165) is 5.56 Å². The molecule has 0 aliphatic heterocycles. The molecule has 1 amide bonds. The molecule has 0 fully saturated rings. The number of carbonyl (C=O) groups is 1. The highest BCUT2D eigenvalue weighted by atomic mass is 35.5. The van der Waals surface area contributed by atoms with Crippen LogP contribution in [0.2, 0.25) is 5.02 Å². The van der Waals surface area contributed by atoms with Gasteiger partial charge in [-0.1, -0.05) is 37.6 Å². The Hall–Kier alpha value is -1.93. The molecule has 2 aromatic carbocycles. The summed E-state index contributed by atoms with van der Waals surface area (Å²) in [5.74, 6) is -0.159. The molecule has 0 saturated carbocycles. The van der Waals surface area contributed by atoms with Gasteiger partial charge in [0, 0.05) is 29.4 Å². The summed E-state index contributed by atoms with van der Waals surface area (Å²) in [6.07, 6.45) is 0. The predicted octanol–water partition coefficient (Wildman–Crippen LogP) is 2.63. The van der Waals surface area contributed by atoms with Crippen LogP contribution in [0.5, 0.6) is 0 Å². The highest BCUT2D eigenvalue weighted by molar-refractivity contribution is 7.89. The van der Waals surface area contributed by atoms with Crippen LogP contribution in [-0.2, 0) is 14.8 Å². The van der Waals surface area contributed by atoms with Gasteiger partial charge in [-0.2, -0.15) is 4.31 Å². The third kappa shape index (κ3) is 5.78. The van der Waals surface area contributed by atoms with Crippen LogP contribution in [0.25, 0.3) is 0 Å². The fourth-order valence-corrected chi connectivity index (χ4v) is 4.50. The Morgan fingerprint density at radius 1 is 1.14 bits per heavy atom. The molecule has 28 heavy (non-hydrogen) atoms. The lowest BCUT2D eigenvalue weighted by molar-refractivity contribution is -0.682. The molecule has 1 atom stereocenters. The first-order valence-corrected chi connectivity index (χ1v) is 11.1. The fourth-order valence-electron chi connectivity index (χ4n) is 2.84. The number of nitrogens with one attached hydrogen (secondary N) is 1. The van der Waals surface area contributed by atoms with E-state index >= 15 is 0 Å². The van der Waals surface area contributed by atoms with Crippen molar-refractivity contribution in [2.75, 3.05) is 25.0 Å². The molecule has 0 bridgehead atoms. The number of hydrogen-bond donors (Lipinski definition) is 2. The first-order valence-electron chi connectivity index (χ1n) is 9.26. The Bertz CT molecular complexity index is 897. The van der Waals surface area contributed by atoms with Crippen LogP contribution in [0.4, 0.5) is 5.69 Å². The van der Waals surface area contributed by atoms with E-state index in [1.165, 1.54) is 16.4 Å². The smallest absolute Gasteiger partial charge is 0.279 e. The highest BCUT2D eigenvalue weighted by Crippen LogP contribution is 2.18. The zero-order valence-electron chi connectivity index (χ0n) is 16.4. The lowest BCUT2D eigenvalue weighted by atomic mass is 10.1. The normalized spacial score (nSPS) is 12.8. The number of nitrogens with two attached hydrogens (primary N) is 1. The minimum atomic E-state index is -3.50. The van der Waals surface area contributed by atoms with Crippen LogP contribution >= 0.6 is 11.6 Å². The van der Waals surface area contributed by atoms with Crippen LogP contribution in [0, 0.1) is 0 Å². The van der Waals surface area contributed by atoms with E-state index in [4.69, 9.17) is 11.6 Å². The Labute approximate surface area is 171 Å². The van der Waals surface area contributed by atoms with Gasteiger partial charge in [0.1, 0.15) is 6.04 Å². The average molecular weight is 425 g/mol. The van der Waals surface area contributed by atoms with Crippen molar-refractivity contribution >= 4 is 33.2 Å². The first-order chi connectivity index (χ1) is 13.3. The third-order valence-electron chi connectivity index (χ3n) is 4.51. The molecule has 0 aliphatic rings. The fraction of sp³-hybridized carbons (Fsp3) is 0.350. The van der Waals surface area contributed by atoms with Crippen LogP contribution in [0.3, 0.4) is 0 Å².